The number of halogens is 1. The molecule has 5 nitrogen and oxygen atoms in total. The van der Waals surface area contributed by atoms with Gasteiger partial charge in [0, 0.05) is 17.1 Å². The van der Waals surface area contributed by atoms with Crippen LogP contribution in [-0.4, -0.2) is 23.4 Å². The Bertz CT molecular complexity index is 1120. The maximum absolute atomic E-state index is 12.5. The van der Waals surface area contributed by atoms with Gasteiger partial charge in [-0.1, -0.05) is 54.1 Å². The number of nitrogens with one attached hydrogen (secondary N) is 1. The van der Waals surface area contributed by atoms with Crippen LogP contribution in [0.1, 0.15) is 18.1 Å². The molecule has 1 fully saturated rings. The molecule has 0 atom stereocenters. The van der Waals surface area contributed by atoms with E-state index in [-0.39, 0.29) is 11.6 Å². The van der Waals surface area contributed by atoms with Crippen molar-refractivity contribution in [2.75, 3.05) is 6.54 Å². The van der Waals surface area contributed by atoms with Crippen molar-refractivity contribution in [2.24, 2.45) is 0 Å². The van der Waals surface area contributed by atoms with Crippen molar-refractivity contribution >= 4 is 40.4 Å². The Kier molecular flexibility index (Phi) is 5.23. The molecule has 0 radical (unpaired) electrons. The van der Waals surface area contributed by atoms with Crippen molar-refractivity contribution < 1.29 is 14.3 Å². The molecular formula is C23H19ClN2O3. The van der Waals surface area contributed by atoms with E-state index in [1.54, 1.807) is 13.0 Å². The van der Waals surface area contributed by atoms with Crippen molar-refractivity contribution in [2.45, 2.75) is 13.5 Å². The topological polar surface area (TPSA) is 58.6 Å². The maximum atomic E-state index is 12.5. The average molecular weight is 407 g/mol. The van der Waals surface area contributed by atoms with Crippen molar-refractivity contribution in [3.8, 4) is 5.75 Å². The lowest BCUT2D eigenvalue weighted by Gasteiger charge is -2.13. The average Bonchev–Trinajstić information content (AvgIpc) is 3.01. The lowest BCUT2D eigenvalue weighted by Crippen LogP contribution is -2.30. The van der Waals surface area contributed by atoms with Gasteiger partial charge in [-0.25, -0.2) is 4.79 Å². The number of urea groups is 1. The van der Waals surface area contributed by atoms with Gasteiger partial charge in [0.05, 0.1) is 0 Å². The van der Waals surface area contributed by atoms with E-state index in [1.165, 1.54) is 4.90 Å². The smallest absolute Gasteiger partial charge is 0.328 e. The quantitative estimate of drug-likeness (QED) is 0.480. The highest BCUT2D eigenvalue weighted by atomic mass is 35.5. The highest BCUT2D eigenvalue weighted by Gasteiger charge is 2.32. The predicted octanol–water partition coefficient (Wildman–Crippen LogP) is 4.98. The molecule has 1 N–H and O–H groups in total. The standard InChI is InChI=1S/C23H19ClN2O3/c1-2-26-22(27)20(25-23(26)28)13-19-18-6-4-3-5-16(18)9-12-21(19)29-14-15-7-10-17(24)11-8-15/h3-13H,2,14H2,1H3,(H,25,28)/b20-13+. The minimum absolute atomic E-state index is 0.240. The van der Waals surface area contributed by atoms with Gasteiger partial charge in [0.15, 0.2) is 0 Å². The van der Waals surface area contributed by atoms with Gasteiger partial charge in [-0.3, -0.25) is 9.69 Å². The van der Waals surface area contributed by atoms with E-state index in [9.17, 15) is 9.59 Å². The zero-order chi connectivity index (χ0) is 20.4. The molecular weight excluding hydrogens is 388 g/mol. The van der Waals surface area contributed by atoms with E-state index < -0.39 is 6.03 Å². The second kappa shape index (κ2) is 7.97. The molecule has 1 saturated heterocycles. The second-order valence-corrected chi connectivity index (χ2v) is 7.09. The zero-order valence-corrected chi connectivity index (χ0v) is 16.6. The molecule has 1 aliphatic heterocycles. The van der Waals surface area contributed by atoms with Gasteiger partial charge >= 0.3 is 6.03 Å². The Balaban J connectivity index is 1.73. The van der Waals surface area contributed by atoms with Crippen LogP contribution < -0.4 is 10.1 Å². The molecule has 0 aromatic heterocycles. The molecule has 0 spiro atoms. The van der Waals surface area contributed by atoms with E-state index in [1.807, 2.05) is 60.7 Å². The zero-order valence-electron chi connectivity index (χ0n) is 15.8. The molecule has 6 heteroatoms. The third-order valence-electron chi connectivity index (χ3n) is 4.81. The summed E-state index contributed by atoms with van der Waals surface area (Å²) in [6, 6.07) is 18.7. The number of imide groups is 1. The molecule has 0 bridgehead atoms. The minimum atomic E-state index is -0.410. The van der Waals surface area contributed by atoms with E-state index in [0.717, 1.165) is 21.9 Å². The highest BCUT2D eigenvalue weighted by Crippen LogP contribution is 2.31. The molecule has 146 valence electrons. The minimum Gasteiger partial charge on any atom is -0.488 e. The van der Waals surface area contributed by atoms with Crippen LogP contribution in [0.2, 0.25) is 5.02 Å². The van der Waals surface area contributed by atoms with Crippen LogP contribution in [0.3, 0.4) is 0 Å². The molecule has 1 aliphatic rings. The normalized spacial score (nSPS) is 15.2. The number of carbonyl (C=O) groups is 2. The largest absolute Gasteiger partial charge is 0.488 e. The number of likely N-dealkylation sites (N-methyl/N-ethyl adjacent to an activating group) is 1. The first-order chi connectivity index (χ1) is 14.1. The molecule has 1 heterocycles. The van der Waals surface area contributed by atoms with Crippen LogP contribution in [0.25, 0.3) is 16.8 Å². The van der Waals surface area contributed by atoms with Crippen LogP contribution in [0, 0.1) is 0 Å². The SMILES string of the molecule is CCN1C(=O)N/C(=C/c2c(OCc3ccc(Cl)cc3)ccc3ccccc23)C1=O. The first-order valence-electron chi connectivity index (χ1n) is 9.30. The lowest BCUT2D eigenvalue weighted by molar-refractivity contribution is -0.122. The number of benzene rings is 3. The van der Waals surface area contributed by atoms with Gasteiger partial charge in [0.2, 0.25) is 0 Å². The molecule has 3 aromatic rings. The molecule has 0 aliphatic carbocycles. The summed E-state index contributed by atoms with van der Waals surface area (Å²) in [5.74, 6) is 0.289. The van der Waals surface area contributed by atoms with Gasteiger partial charge in [0.1, 0.15) is 18.1 Å². The number of hydrogen-bond acceptors (Lipinski definition) is 3. The van der Waals surface area contributed by atoms with Gasteiger partial charge in [-0.15, -0.1) is 0 Å². The Labute approximate surface area is 173 Å². The fourth-order valence-corrected chi connectivity index (χ4v) is 3.42. The van der Waals surface area contributed by atoms with Crippen molar-refractivity contribution in [1.82, 2.24) is 10.2 Å². The highest BCUT2D eigenvalue weighted by molar-refractivity contribution is 6.30. The van der Waals surface area contributed by atoms with E-state index in [4.69, 9.17) is 16.3 Å². The summed E-state index contributed by atoms with van der Waals surface area (Å²) in [6.07, 6.45) is 1.69. The first kappa shape index (κ1) is 19.0. The number of ether oxygens (including phenoxy) is 1. The summed E-state index contributed by atoms with van der Waals surface area (Å²) in [5.41, 5.74) is 1.96. The van der Waals surface area contributed by atoms with Crippen LogP contribution >= 0.6 is 11.6 Å². The third-order valence-corrected chi connectivity index (χ3v) is 5.06. The van der Waals surface area contributed by atoms with Crippen LogP contribution in [0.4, 0.5) is 4.79 Å². The van der Waals surface area contributed by atoms with Crippen LogP contribution in [-0.2, 0) is 11.4 Å². The van der Waals surface area contributed by atoms with Crippen molar-refractivity contribution in [3.63, 3.8) is 0 Å². The van der Waals surface area contributed by atoms with E-state index in [2.05, 4.69) is 5.32 Å². The summed E-state index contributed by atoms with van der Waals surface area (Å²) >= 11 is 5.94. The number of fused-ring (bicyclic) bond motifs is 1. The molecule has 0 unspecified atom stereocenters. The lowest BCUT2D eigenvalue weighted by atomic mass is 10.0. The predicted molar refractivity (Wildman–Crippen MR) is 114 cm³/mol. The van der Waals surface area contributed by atoms with E-state index >= 15 is 0 Å². The Morgan fingerprint density at radius 3 is 2.52 bits per heavy atom. The number of nitrogens with zero attached hydrogens (tertiary/aromatic N) is 1. The first-order valence-corrected chi connectivity index (χ1v) is 9.68. The van der Waals surface area contributed by atoms with Gasteiger partial charge in [-0.2, -0.15) is 0 Å². The molecule has 3 aromatic carbocycles. The van der Waals surface area contributed by atoms with Crippen molar-refractivity contribution in [1.29, 1.82) is 0 Å². The van der Waals surface area contributed by atoms with E-state index in [0.29, 0.717) is 23.9 Å². The third kappa shape index (κ3) is 3.82. The van der Waals surface area contributed by atoms with Gasteiger partial charge in [0.25, 0.3) is 5.91 Å². The Morgan fingerprint density at radius 2 is 1.79 bits per heavy atom. The fourth-order valence-electron chi connectivity index (χ4n) is 3.30. The second-order valence-electron chi connectivity index (χ2n) is 6.65. The molecule has 0 saturated carbocycles. The molecule has 29 heavy (non-hydrogen) atoms. The summed E-state index contributed by atoms with van der Waals surface area (Å²) < 4.78 is 6.07. The van der Waals surface area contributed by atoms with Gasteiger partial charge in [-0.05, 0) is 47.5 Å². The summed E-state index contributed by atoms with van der Waals surface area (Å²) in [4.78, 5) is 25.7. The Hall–Kier alpha value is -3.31. The fraction of sp³-hybridized carbons (Fsp3) is 0.130. The number of rotatable bonds is 5. The van der Waals surface area contributed by atoms with Crippen molar-refractivity contribution in [3.05, 3.63) is 82.5 Å². The number of carbonyl (C=O) groups excluding carboxylic acids is 2. The van der Waals surface area contributed by atoms with Crippen LogP contribution in [0.5, 0.6) is 5.75 Å². The Morgan fingerprint density at radius 1 is 1.03 bits per heavy atom. The summed E-state index contributed by atoms with van der Waals surface area (Å²) in [5, 5.41) is 5.27. The van der Waals surface area contributed by atoms with Gasteiger partial charge < -0.3 is 10.1 Å². The number of amides is 3. The van der Waals surface area contributed by atoms with Crippen LogP contribution in [0.15, 0.2) is 66.4 Å². The number of hydrogen-bond donors (Lipinski definition) is 1. The summed E-state index contributed by atoms with van der Waals surface area (Å²) in [7, 11) is 0. The molecule has 4 rings (SSSR count). The maximum Gasteiger partial charge on any atom is 0.328 e. The summed E-state index contributed by atoms with van der Waals surface area (Å²) in [6.45, 7) is 2.43. The molecule has 3 amide bonds. The monoisotopic (exact) mass is 406 g/mol.